The SMILES string of the molecule is Nc1cc(C(=O)O)ccc1NCCOC1CCCCC1. The molecule has 0 atom stereocenters. The molecule has 20 heavy (non-hydrogen) atoms. The van der Waals surface area contributed by atoms with Crippen LogP contribution < -0.4 is 11.1 Å². The lowest BCUT2D eigenvalue weighted by atomic mass is 9.98. The minimum absolute atomic E-state index is 0.200. The predicted octanol–water partition coefficient (Wildman–Crippen LogP) is 2.73. The van der Waals surface area contributed by atoms with Crippen LogP contribution in [0.1, 0.15) is 42.5 Å². The quantitative estimate of drug-likeness (QED) is 0.550. The number of ether oxygens (including phenoxy) is 1. The van der Waals surface area contributed by atoms with Crippen molar-refractivity contribution in [3.8, 4) is 0 Å². The minimum Gasteiger partial charge on any atom is -0.478 e. The number of carboxylic acids is 1. The summed E-state index contributed by atoms with van der Waals surface area (Å²) in [4.78, 5) is 10.8. The molecule has 1 fully saturated rings. The van der Waals surface area contributed by atoms with Crippen LogP contribution in [-0.2, 0) is 4.74 Å². The van der Waals surface area contributed by atoms with E-state index in [-0.39, 0.29) is 5.56 Å². The topological polar surface area (TPSA) is 84.6 Å². The van der Waals surface area contributed by atoms with Gasteiger partial charge in [0.1, 0.15) is 0 Å². The van der Waals surface area contributed by atoms with E-state index in [4.69, 9.17) is 15.6 Å². The molecule has 4 N–H and O–H groups in total. The largest absolute Gasteiger partial charge is 0.478 e. The number of carboxylic acid groups (broad SMARTS) is 1. The van der Waals surface area contributed by atoms with Crippen molar-refractivity contribution in [2.24, 2.45) is 0 Å². The highest BCUT2D eigenvalue weighted by Gasteiger charge is 2.13. The molecule has 0 aliphatic heterocycles. The Morgan fingerprint density at radius 3 is 2.75 bits per heavy atom. The minimum atomic E-state index is -0.969. The Balaban J connectivity index is 1.74. The first kappa shape index (κ1) is 14.7. The van der Waals surface area contributed by atoms with Crippen LogP contribution in [0, 0.1) is 0 Å². The van der Waals surface area contributed by atoms with Crippen molar-refractivity contribution in [1.82, 2.24) is 0 Å². The third-order valence-electron chi connectivity index (χ3n) is 3.62. The van der Waals surface area contributed by atoms with Gasteiger partial charge in [0.2, 0.25) is 0 Å². The Morgan fingerprint density at radius 1 is 1.35 bits per heavy atom. The molecule has 0 radical (unpaired) electrons. The summed E-state index contributed by atoms with van der Waals surface area (Å²) in [6.45, 7) is 1.32. The number of nitrogen functional groups attached to an aromatic ring is 1. The number of rotatable bonds is 6. The molecule has 0 heterocycles. The number of nitrogens with one attached hydrogen (secondary N) is 1. The van der Waals surface area contributed by atoms with Crippen LogP contribution in [0.15, 0.2) is 18.2 Å². The number of anilines is 2. The van der Waals surface area contributed by atoms with Gasteiger partial charge in [-0.3, -0.25) is 0 Å². The molecule has 1 aromatic rings. The van der Waals surface area contributed by atoms with E-state index >= 15 is 0 Å². The third kappa shape index (κ3) is 4.13. The van der Waals surface area contributed by atoms with Gasteiger partial charge in [-0.25, -0.2) is 4.79 Å². The summed E-state index contributed by atoms with van der Waals surface area (Å²) in [5.41, 5.74) is 7.22. The smallest absolute Gasteiger partial charge is 0.335 e. The molecule has 0 bridgehead atoms. The monoisotopic (exact) mass is 278 g/mol. The highest BCUT2D eigenvalue weighted by molar-refractivity contribution is 5.90. The van der Waals surface area contributed by atoms with Crippen molar-refractivity contribution in [2.75, 3.05) is 24.2 Å². The van der Waals surface area contributed by atoms with Gasteiger partial charge in [-0.15, -0.1) is 0 Å². The fourth-order valence-corrected chi connectivity index (χ4v) is 2.50. The number of hydrogen-bond donors (Lipinski definition) is 3. The number of aromatic carboxylic acids is 1. The van der Waals surface area contributed by atoms with Crippen molar-refractivity contribution in [3.63, 3.8) is 0 Å². The van der Waals surface area contributed by atoms with Gasteiger partial charge in [-0.2, -0.15) is 0 Å². The maximum Gasteiger partial charge on any atom is 0.335 e. The number of benzene rings is 1. The second-order valence-electron chi connectivity index (χ2n) is 5.16. The summed E-state index contributed by atoms with van der Waals surface area (Å²) < 4.78 is 5.81. The van der Waals surface area contributed by atoms with Gasteiger partial charge in [-0.05, 0) is 31.0 Å². The highest BCUT2D eigenvalue weighted by atomic mass is 16.5. The summed E-state index contributed by atoms with van der Waals surface area (Å²) in [5.74, 6) is -0.969. The van der Waals surface area contributed by atoms with Crippen LogP contribution >= 0.6 is 0 Å². The lowest BCUT2D eigenvalue weighted by Crippen LogP contribution is -2.20. The molecule has 5 heteroatoms. The molecule has 2 rings (SSSR count). The normalized spacial score (nSPS) is 16.0. The van der Waals surface area contributed by atoms with E-state index in [1.807, 2.05) is 0 Å². The van der Waals surface area contributed by atoms with Gasteiger partial charge in [-0.1, -0.05) is 19.3 Å². The summed E-state index contributed by atoms with van der Waals surface area (Å²) in [6.07, 6.45) is 6.58. The lowest BCUT2D eigenvalue weighted by molar-refractivity contribution is 0.0347. The van der Waals surface area contributed by atoms with E-state index in [1.54, 1.807) is 12.1 Å². The third-order valence-corrected chi connectivity index (χ3v) is 3.62. The van der Waals surface area contributed by atoms with Crippen molar-refractivity contribution in [3.05, 3.63) is 23.8 Å². The van der Waals surface area contributed by atoms with Gasteiger partial charge in [0.25, 0.3) is 0 Å². The van der Waals surface area contributed by atoms with Crippen LogP contribution in [0.2, 0.25) is 0 Å². The van der Waals surface area contributed by atoms with Crippen LogP contribution in [0.5, 0.6) is 0 Å². The fraction of sp³-hybridized carbons (Fsp3) is 0.533. The van der Waals surface area contributed by atoms with Gasteiger partial charge >= 0.3 is 5.97 Å². The molecule has 5 nitrogen and oxygen atoms in total. The Hall–Kier alpha value is -1.75. The van der Waals surface area contributed by atoms with Gasteiger partial charge < -0.3 is 20.9 Å². The highest BCUT2D eigenvalue weighted by Crippen LogP contribution is 2.21. The van der Waals surface area contributed by atoms with Crippen LogP contribution in [0.3, 0.4) is 0 Å². The molecule has 1 aliphatic rings. The first-order valence-electron chi connectivity index (χ1n) is 7.15. The molecule has 0 spiro atoms. The Morgan fingerprint density at radius 2 is 2.10 bits per heavy atom. The number of hydrogen-bond acceptors (Lipinski definition) is 4. The molecule has 1 aromatic carbocycles. The Kier molecular flexibility index (Phi) is 5.24. The summed E-state index contributed by atoms with van der Waals surface area (Å²) in [6, 6.07) is 4.70. The van der Waals surface area contributed by atoms with Crippen molar-refractivity contribution in [1.29, 1.82) is 0 Å². The van der Waals surface area contributed by atoms with E-state index in [0.29, 0.717) is 24.9 Å². The van der Waals surface area contributed by atoms with Gasteiger partial charge in [0.15, 0.2) is 0 Å². The average Bonchev–Trinajstić information content (AvgIpc) is 2.46. The molecule has 0 saturated heterocycles. The second-order valence-corrected chi connectivity index (χ2v) is 5.16. The molecule has 0 aromatic heterocycles. The summed E-state index contributed by atoms with van der Waals surface area (Å²) in [5, 5.41) is 12.0. The van der Waals surface area contributed by atoms with Crippen LogP contribution in [0.4, 0.5) is 11.4 Å². The van der Waals surface area contributed by atoms with Gasteiger partial charge in [0, 0.05) is 6.54 Å². The molecule has 0 unspecified atom stereocenters. The standard InChI is InChI=1S/C15H22N2O3/c16-13-10-11(15(18)19)6-7-14(13)17-8-9-20-12-4-2-1-3-5-12/h6-7,10,12,17H,1-5,8-9,16H2,(H,18,19). The van der Waals surface area contributed by atoms with E-state index in [0.717, 1.165) is 18.5 Å². The predicted molar refractivity (Wildman–Crippen MR) is 79.1 cm³/mol. The van der Waals surface area contributed by atoms with Crippen molar-refractivity contribution < 1.29 is 14.6 Å². The molecule has 0 amide bonds. The lowest BCUT2D eigenvalue weighted by Gasteiger charge is -2.22. The molecular formula is C15H22N2O3. The van der Waals surface area contributed by atoms with E-state index < -0.39 is 5.97 Å². The maximum absolute atomic E-state index is 10.8. The van der Waals surface area contributed by atoms with E-state index in [9.17, 15) is 4.79 Å². The molecular weight excluding hydrogens is 256 g/mol. The Bertz CT molecular complexity index is 456. The maximum atomic E-state index is 10.8. The van der Waals surface area contributed by atoms with Gasteiger partial charge in [0.05, 0.1) is 29.6 Å². The second kappa shape index (κ2) is 7.14. The molecule has 1 aliphatic carbocycles. The molecule has 1 saturated carbocycles. The fourth-order valence-electron chi connectivity index (χ4n) is 2.50. The first-order valence-corrected chi connectivity index (χ1v) is 7.15. The van der Waals surface area contributed by atoms with Crippen molar-refractivity contribution in [2.45, 2.75) is 38.2 Å². The summed E-state index contributed by atoms with van der Waals surface area (Å²) in [7, 11) is 0. The first-order chi connectivity index (χ1) is 9.66. The zero-order valence-corrected chi connectivity index (χ0v) is 11.6. The van der Waals surface area contributed by atoms with Crippen LogP contribution in [0.25, 0.3) is 0 Å². The average molecular weight is 278 g/mol. The summed E-state index contributed by atoms with van der Waals surface area (Å²) >= 11 is 0. The number of carbonyl (C=O) groups is 1. The Labute approximate surface area is 119 Å². The van der Waals surface area contributed by atoms with Crippen LogP contribution in [-0.4, -0.2) is 30.3 Å². The number of nitrogens with two attached hydrogens (primary N) is 1. The zero-order valence-electron chi connectivity index (χ0n) is 11.6. The zero-order chi connectivity index (χ0) is 14.4. The van der Waals surface area contributed by atoms with E-state index in [1.165, 1.54) is 25.3 Å². The van der Waals surface area contributed by atoms with E-state index in [2.05, 4.69) is 5.32 Å². The van der Waals surface area contributed by atoms with Crippen molar-refractivity contribution >= 4 is 17.3 Å². The molecule has 110 valence electrons.